The highest BCUT2D eigenvalue weighted by Crippen LogP contribution is 2.14. The van der Waals surface area contributed by atoms with E-state index in [0.29, 0.717) is 24.2 Å². The lowest BCUT2D eigenvalue weighted by molar-refractivity contribution is 0.587. The van der Waals surface area contributed by atoms with E-state index < -0.39 is 0 Å². The Morgan fingerprint density at radius 1 is 1.28 bits per heavy atom. The summed E-state index contributed by atoms with van der Waals surface area (Å²) in [6.45, 7) is 3.20. The van der Waals surface area contributed by atoms with Gasteiger partial charge in [0.05, 0.1) is 11.6 Å². The van der Waals surface area contributed by atoms with Gasteiger partial charge in [0.25, 0.3) is 0 Å². The Bertz CT molecular complexity index is 584. The number of nitriles is 1. The van der Waals surface area contributed by atoms with Crippen molar-refractivity contribution in [2.24, 2.45) is 0 Å². The maximum atomic E-state index is 13.5. The molecule has 0 atom stereocenters. The van der Waals surface area contributed by atoms with Gasteiger partial charge >= 0.3 is 0 Å². The summed E-state index contributed by atoms with van der Waals surface area (Å²) in [6.07, 6.45) is 0. The van der Waals surface area contributed by atoms with Gasteiger partial charge in [0.1, 0.15) is 5.82 Å². The molecular weight excluding hydrogens is 247 g/mol. The summed E-state index contributed by atoms with van der Waals surface area (Å²) in [4.78, 5) is 0. The van der Waals surface area contributed by atoms with Gasteiger partial charge in [0.15, 0.2) is 0 Å². The predicted molar refractivity (Wildman–Crippen MR) is 70.7 cm³/mol. The highest BCUT2D eigenvalue weighted by molar-refractivity contribution is 7.08. The fraction of sp³-hybridized carbons (Fsp3) is 0.214. The second-order valence-electron chi connectivity index (χ2n) is 4.10. The predicted octanol–water partition coefficient (Wildman–Crippen LogP) is 3.36. The van der Waals surface area contributed by atoms with Crippen LogP contribution >= 0.6 is 11.3 Å². The molecule has 0 saturated carbocycles. The smallest absolute Gasteiger partial charge is 0.127 e. The number of hydrogen-bond acceptors (Lipinski definition) is 3. The molecule has 2 aromatic rings. The average molecular weight is 260 g/mol. The minimum atomic E-state index is -0.274. The molecular formula is C14H13FN2S. The molecule has 0 saturated heterocycles. The molecule has 0 radical (unpaired) electrons. The van der Waals surface area contributed by atoms with E-state index in [0.717, 1.165) is 0 Å². The maximum absolute atomic E-state index is 13.5. The van der Waals surface area contributed by atoms with E-state index in [1.807, 2.05) is 6.07 Å². The third-order valence-electron chi connectivity index (χ3n) is 2.77. The van der Waals surface area contributed by atoms with Gasteiger partial charge in [-0.05, 0) is 47.0 Å². The molecule has 0 unspecified atom stereocenters. The van der Waals surface area contributed by atoms with E-state index in [1.54, 1.807) is 17.4 Å². The highest BCUT2D eigenvalue weighted by atomic mass is 32.1. The summed E-state index contributed by atoms with van der Waals surface area (Å²) in [5.41, 5.74) is 3.50. The van der Waals surface area contributed by atoms with E-state index in [4.69, 9.17) is 5.26 Å². The van der Waals surface area contributed by atoms with Crippen LogP contribution < -0.4 is 5.32 Å². The Hall–Kier alpha value is -1.70. The van der Waals surface area contributed by atoms with Crippen LogP contribution in [0, 0.1) is 24.1 Å². The third kappa shape index (κ3) is 2.95. The molecule has 4 heteroatoms. The van der Waals surface area contributed by atoms with Crippen LogP contribution in [-0.4, -0.2) is 0 Å². The van der Waals surface area contributed by atoms with Gasteiger partial charge in [-0.3, -0.25) is 0 Å². The normalized spacial score (nSPS) is 10.3. The van der Waals surface area contributed by atoms with Gasteiger partial charge in [-0.1, -0.05) is 0 Å². The molecule has 2 rings (SSSR count). The quantitative estimate of drug-likeness (QED) is 0.915. The molecule has 0 fully saturated rings. The molecule has 0 bridgehead atoms. The number of thiophene rings is 1. The molecule has 0 aliphatic heterocycles. The standard InChI is InChI=1S/C14H13FN2S/c1-10-8-18-9-13(10)7-17-6-12-4-11(5-16)2-3-14(12)15/h2-4,8-9,17H,6-7H2,1H3. The lowest BCUT2D eigenvalue weighted by Crippen LogP contribution is -2.14. The second kappa shape index (κ2) is 5.76. The van der Waals surface area contributed by atoms with E-state index in [9.17, 15) is 4.39 Å². The fourth-order valence-electron chi connectivity index (χ4n) is 1.68. The van der Waals surface area contributed by atoms with Crippen LogP contribution in [0.15, 0.2) is 29.0 Å². The molecule has 1 heterocycles. The lowest BCUT2D eigenvalue weighted by Gasteiger charge is -2.06. The zero-order valence-electron chi connectivity index (χ0n) is 10.0. The van der Waals surface area contributed by atoms with Crippen molar-refractivity contribution in [1.29, 1.82) is 5.26 Å². The van der Waals surface area contributed by atoms with Crippen molar-refractivity contribution in [2.45, 2.75) is 20.0 Å². The third-order valence-corrected chi connectivity index (χ3v) is 3.68. The van der Waals surface area contributed by atoms with Gasteiger partial charge in [-0.25, -0.2) is 4.39 Å². The summed E-state index contributed by atoms with van der Waals surface area (Å²) in [5.74, 6) is -0.274. The molecule has 0 aliphatic carbocycles. The summed E-state index contributed by atoms with van der Waals surface area (Å²) >= 11 is 1.66. The Morgan fingerprint density at radius 3 is 2.72 bits per heavy atom. The van der Waals surface area contributed by atoms with Crippen molar-refractivity contribution in [3.05, 3.63) is 57.0 Å². The SMILES string of the molecule is Cc1cscc1CNCc1cc(C#N)ccc1F. The van der Waals surface area contributed by atoms with Crippen molar-refractivity contribution in [3.8, 4) is 6.07 Å². The van der Waals surface area contributed by atoms with Gasteiger partial charge in [0.2, 0.25) is 0 Å². The van der Waals surface area contributed by atoms with Crippen molar-refractivity contribution in [1.82, 2.24) is 5.32 Å². The van der Waals surface area contributed by atoms with Gasteiger partial charge in [0, 0.05) is 18.7 Å². The van der Waals surface area contributed by atoms with Crippen molar-refractivity contribution in [2.75, 3.05) is 0 Å². The number of nitrogens with one attached hydrogen (secondary N) is 1. The van der Waals surface area contributed by atoms with Crippen LogP contribution in [0.1, 0.15) is 22.3 Å². The van der Waals surface area contributed by atoms with Crippen LogP contribution in [0.4, 0.5) is 4.39 Å². The largest absolute Gasteiger partial charge is 0.308 e. The lowest BCUT2D eigenvalue weighted by atomic mass is 10.1. The van der Waals surface area contributed by atoms with Crippen molar-refractivity contribution in [3.63, 3.8) is 0 Å². The van der Waals surface area contributed by atoms with Crippen LogP contribution in [0.5, 0.6) is 0 Å². The Kier molecular flexibility index (Phi) is 4.08. The first-order valence-corrected chi connectivity index (χ1v) is 6.56. The fourth-order valence-corrected chi connectivity index (χ4v) is 2.54. The monoisotopic (exact) mass is 260 g/mol. The molecule has 1 N–H and O–H groups in total. The van der Waals surface area contributed by atoms with Crippen LogP contribution in [-0.2, 0) is 13.1 Å². The number of hydrogen-bond donors (Lipinski definition) is 1. The molecule has 0 aliphatic rings. The van der Waals surface area contributed by atoms with Gasteiger partial charge in [-0.2, -0.15) is 16.6 Å². The number of rotatable bonds is 4. The summed E-state index contributed by atoms with van der Waals surface area (Å²) < 4.78 is 13.5. The number of halogens is 1. The first-order chi connectivity index (χ1) is 8.70. The van der Waals surface area contributed by atoms with Crippen LogP contribution in [0.2, 0.25) is 0 Å². The Morgan fingerprint density at radius 2 is 2.06 bits per heavy atom. The molecule has 92 valence electrons. The summed E-state index contributed by atoms with van der Waals surface area (Å²) in [5, 5.41) is 16.1. The van der Waals surface area contributed by atoms with E-state index >= 15 is 0 Å². The van der Waals surface area contributed by atoms with Crippen molar-refractivity contribution >= 4 is 11.3 Å². The summed E-state index contributed by atoms with van der Waals surface area (Å²) in [7, 11) is 0. The van der Waals surface area contributed by atoms with E-state index in [2.05, 4.69) is 23.0 Å². The van der Waals surface area contributed by atoms with E-state index in [1.165, 1.54) is 23.3 Å². The average Bonchev–Trinajstić information content (AvgIpc) is 2.77. The topological polar surface area (TPSA) is 35.8 Å². The van der Waals surface area contributed by atoms with Gasteiger partial charge in [-0.15, -0.1) is 0 Å². The molecule has 1 aromatic heterocycles. The Balaban J connectivity index is 1.98. The number of nitrogens with zero attached hydrogens (tertiary/aromatic N) is 1. The zero-order valence-corrected chi connectivity index (χ0v) is 10.9. The minimum absolute atomic E-state index is 0.274. The molecule has 1 aromatic carbocycles. The second-order valence-corrected chi connectivity index (χ2v) is 4.85. The summed E-state index contributed by atoms with van der Waals surface area (Å²) in [6, 6.07) is 6.43. The van der Waals surface area contributed by atoms with Crippen LogP contribution in [0.3, 0.4) is 0 Å². The zero-order chi connectivity index (χ0) is 13.0. The molecule has 2 nitrogen and oxygen atoms in total. The molecule has 0 spiro atoms. The van der Waals surface area contributed by atoms with Crippen LogP contribution in [0.25, 0.3) is 0 Å². The Labute approximate surface area is 110 Å². The molecule has 18 heavy (non-hydrogen) atoms. The molecule has 0 amide bonds. The van der Waals surface area contributed by atoms with Gasteiger partial charge < -0.3 is 5.32 Å². The maximum Gasteiger partial charge on any atom is 0.127 e. The highest BCUT2D eigenvalue weighted by Gasteiger charge is 2.04. The van der Waals surface area contributed by atoms with Crippen molar-refractivity contribution < 1.29 is 4.39 Å². The number of benzene rings is 1. The minimum Gasteiger partial charge on any atom is -0.308 e. The first kappa shape index (κ1) is 12.7. The first-order valence-electron chi connectivity index (χ1n) is 5.61. The van der Waals surface area contributed by atoms with E-state index in [-0.39, 0.29) is 5.82 Å². The number of aryl methyl sites for hydroxylation is 1.